The maximum atomic E-state index is 13.7. The molecule has 0 spiro atoms. The molecule has 2 atom stereocenters. The number of unbranched alkanes of at least 4 members (excludes halogenated alkanes) is 2. The molecule has 1 unspecified atom stereocenters. The van der Waals surface area contributed by atoms with Crippen LogP contribution in [-0.4, -0.2) is 112 Å². The standard InChI is InChI=1S/C51H60N10O10S/c1-31(2)46(57-41(62)14-6-5-9-24-61-44(65)21-22-45(61)66)49(68)56-38(12-10-23-53-50(52)69)48(67)55-36-18-15-33(16-19-36)30-71-51(70)60-27-35-25-34(26-54-47(35)58-42(63)29-60)17-20-43(64)59(4)28-40-32(3)37-11-7-8-13-39(37)72-40/h7-8,11,13,15-22,25-26,31,38,46H,5-6,9-10,12,14,23-24,27-30H2,1-4H3,(H,55,67)(H,56,68)(H,57,62)(H3,52,53,69)(H,54,58,63)/b20-17+/t38-,46?/m0/s1. The molecule has 72 heavy (non-hydrogen) atoms. The van der Waals surface area contributed by atoms with Crippen molar-refractivity contribution in [3.63, 3.8) is 0 Å². The zero-order chi connectivity index (χ0) is 51.9. The van der Waals surface area contributed by atoms with Crippen molar-refractivity contribution in [2.45, 2.75) is 91.1 Å². The minimum absolute atomic E-state index is 0.000682. The Kier molecular flexibility index (Phi) is 18.7. The van der Waals surface area contributed by atoms with Crippen molar-refractivity contribution in [1.82, 2.24) is 35.6 Å². The molecule has 21 heteroatoms. The largest absolute Gasteiger partial charge is 0.445 e. The fourth-order valence-corrected chi connectivity index (χ4v) is 9.18. The Hall–Kier alpha value is -7.94. The third-order valence-corrected chi connectivity index (χ3v) is 13.2. The van der Waals surface area contributed by atoms with Gasteiger partial charge in [-0.1, -0.05) is 50.6 Å². The first-order chi connectivity index (χ1) is 34.4. The fourth-order valence-electron chi connectivity index (χ4n) is 7.91. The minimum atomic E-state index is -1.08. The molecule has 380 valence electrons. The summed E-state index contributed by atoms with van der Waals surface area (Å²) in [5.41, 5.74) is 8.42. The molecule has 0 fully saturated rings. The van der Waals surface area contributed by atoms with Gasteiger partial charge >= 0.3 is 12.1 Å². The van der Waals surface area contributed by atoms with Gasteiger partial charge in [0.05, 0.1) is 13.1 Å². The maximum Gasteiger partial charge on any atom is 0.410 e. The number of aryl methyl sites for hydroxylation is 1. The van der Waals surface area contributed by atoms with Gasteiger partial charge in [-0.05, 0) is 90.9 Å². The van der Waals surface area contributed by atoms with Gasteiger partial charge < -0.3 is 42.0 Å². The number of nitrogens with zero attached hydrogens (tertiary/aromatic N) is 4. The predicted molar refractivity (Wildman–Crippen MR) is 270 cm³/mol. The Morgan fingerprint density at radius 2 is 1.67 bits per heavy atom. The van der Waals surface area contributed by atoms with Gasteiger partial charge in [0.2, 0.25) is 29.5 Å². The summed E-state index contributed by atoms with van der Waals surface area (Å²) in [4.78, 5) is 124. The van der Waals surface area contributed by atoms with Crippen molar-refractivity contribution in [3.8, 4) is 0 Å². The van der Waals surface area contributed by atoms with Crippen LogP contribution in [0, 0.1) is 12.8 Å². The van der Waals surface area contributed by atoms with Crippen LogP contribution in [0.1, 0.15) is 79.5 Å². The van der Waals surface area contributed by atoms with Crippen LogP contribution >= 0.6 is 11.3 Å². The number of ether oxygens (including phenoxy) is 1. The van der Waals surface area contributed by atoms with Crippen molar-refractivity contribution in [2.75, 3.05) is 37.3 Å². The van der Waals surface area contributed by atoms with Crippen LogP contribution in [0.4, 0.5) is 21.1 Å². The first-order valence-corrected chi connectivity index (χ1v) is 24.4. The Morgan fingerprint density at radius 1 is 0.931 bits per heavy atom. The lowest BCUT2D eigenvalue weighted by molar-refractivity contribution is -0.137. The zero-order valence-electron chi connectivity index (χ0n) is 40.7. The van der Waals surface area contributed by atoms with Crippen LogP contribution in [-0.2, 0) is 58.0 Å². The molecule has 6 rings (SSSR count). The molecular formula is C51H60N10O10S. The molecule has 2 aliphatic rings. The second kappa shape index (κ2) is 25.3. The van der Waals surface area contributed by atoms with Gasteiger partial charge in [0.15, 0.2) is 0 Å². The number of amides is 10. The van der Waals surface area contributed by atoms with E-state index in [2.05, 4.69) is 50.6 Å². The number of primary amides is 1. The van der Waals surface area contributed by atoms with Gasteiger partial charge in [0.1, 0.15) is 31.1 Å². The van der Waals surface area contributed by atoms with E-state index in [9.17, 15) is 43.2 Å². The lowest BCUT2D eigenvalue weighted by Gasteiger charge is -2.25. The van der Waals surface area contributed by atoms with Gasteiger partial charge in [-0.15, -0.1) is 11.3 Å². The van der Waals surface area contributed by atoms with Crippen LogP contribution in [0.2, 0.25) is 0 Å². The fraction of sp³-hybridized carbons (Fsp3) is 0.373. The van der Waals surface area contributed by atoms with Crippen molar-refractivity contribution >= 4 is 92.5 Å². The number of pyridine rings is 1. The van der Waals surface area contributed by atoms with Gasteiger partial charge in [-0.25, -0.2) is 14.6 Å². The van der Waals surface area contributed by atoms with Crippen molar-refractivity contribution in [1.29, 1.82) is 0 Å². The normalized spacial score (nSPS) is 14.2. The third kappa shape index (κ3) is 15.0. The van der Waals surface area contributed by atoms with Crippen molar-refractivity contribution in [2.24, 2.45) is 11.7 Å². The highest BCUT2D eigenvalue weighted by atomic mass is 32.1. The monoisotopic (exact) mass is 1000 g/mol. The SMILES string of the molecule is Cc1c(CN(C)C(=O)/C=C/c2cnc3c(c2)CN(C(=O)OCc2ccc(NC(=O)[C@H](CCCNC(N)=O)NC(=O)C(NC(=O)CCCCCN4C(=O)C=CC4=O)C(C)C)cc2)CC(=O)N3)sc2ccccc12. The minimum Gasteiger partial charge on any atom is -0.445 e. The second-order valence-corrected chi connectivity index (χ2v) is 19.0. The number of anilines is 2. The van der Waals surface area contributed by atoms with E-state index in [0.29, 0.717) is 48.2 Å². The van der Waals surface area contributed by atoms with E-state index in [1.165, 1.54) is 39.4 Å². The van der Waals surface area contributed by atoms with E-state index in [1.54, 1.807) is 73.5 Å². The summed E-state index contributed by atoms with van der Waals surface area (Å²) < 4.78 is 6.76. The van der Waals surface area contributed by atoms with E-state index in [-0.39, 0.29) is 87.4 Å². The predicted octanol–water partition coefficient (Wildman–Crippen LogP) is 4.87. The molecule has 7 N–H and O–H groups in total. The van der Waals surface area contributed by atoms with Gasteiger partial charge in [0, 0.05) is 71.8 Å². The molecule has 4 aromatic rings. The average molecular weight is 1010 g/mol. The van der Waals surface area contributed by atoms with Crippen LogP contribution in [0.3, 0.4) is 0 Å². The number of rotatable bonds is 22. The van der Waals surface area contributed by atoms with Crippen molar-refractivity contribution in [3.05, 3.63) is 106 Å². The van der Waals surface area contributed by atoms with Crippen LogP contribution < -0.4 is 32.3 Å². The lowest BCUT2D eigenvalue weighted by atomic mass is 10.0. The summed E-state index contributed by atoms with van der Waals surface area (Å²) in [6.45, 7) is 5.95. The summed E-state index contributed by atoms with van der Waals surface area (Å²) in [7, 11) is 1.74. The molecular weight excluding hydrogens is 945 g/mol. The van der Waals surface area contributed by atoms with Crippen LogP contribution in [0.5, 0.6) is 0 Å². The van der Waals surface area contributed by atoms with Gasteiger partial charge in [-0.2, -0.15) is 0 Å². The van der Waals surface area contributed by atoms with E-state index in [1.807, 2.05) is 12.1 Å². The number of nitrogens with one attached hydrogen (secondary N) is 5. The highest BCUT2D eigenvalue weighted by Crippen LogP contribution is 2.31. The molecule has 10 amide bonds. The number of benzene rings is 2. The number of hydrogen-bond donors (Lipinski definition) is 6. The number of nitrogens with two attached hydrogens (primary N) is 1. The molecule has 4 heterocycles. The molecule has 20 nitrogen and oxygen atoms in total. The summed E-state index contributed by atoms with van der Waals surface area (Å²) in [6.07, 6.45) is 8.36. The molecule has 2 aliphatic heterocycles. The lowest BCUT2D eigenvalue weighted by Crippen LogP contribution is -2.54. The van der Waals surface area contributed by atoms with E-state index >= 15 is 0 Å². The number of likely N-dealkylation sites (N-methyl/N-ethyl adjacent to an activating group) is 1. The van der Waals surface area contributed by atoms with Gasteiger partial charge in [0.25, 0.3) is 11.8 Å². The molecule has 0 aliphatic carbocycles. The average Bonchev–Trinajstić information content (AvgIpc) is 3.77. The highest BCUT2D eigenvalue weighted by molar-refractivity contribution is 7.19. The number of urea groups is 1. The number of aromatic nitrogens is 1. The Morgan fingerprint density at radius 3 is 2.38 bits per heavy atom. The highest BCUT2D eigenvalue weighted by Gasteiger charge is 2.30. The first-order valence-electron chi connectivity index (χ1n) is 23.6. The van der Waals surface area contributed by atoms with Gasteiger partial charge in [-0.3, -0.25) is 43.4 Å². The molecule has 2 aromatic heterocycles. The molecule has 0 radical (unpaired) electrons. The number of fused-ring (bicyclic) bond motifs is 2. The number of carbonyl (C=O) groups excluding carboxylic acids is 9. The molecule has 0 bridgehead atoms. The van der Waals surface area contributed by atoms with Crippen LogP contribution in [0.25, 0.3) is 16.2 Å². The molecule has 0 saturated heterocycles. The number of thiophene rings is 1. The number of carbonyl (C=O) groups is 9. The third-order valence-electron chi connectivity index (χ3n) is 12.0. The summed E-state index contributed by atoms with van der Waals surface area (Å²) in [6, 6.07) is 13.5. The summed E-state index contributed by atoms with van der Waals surface area (Å²) in [5.74, 6) is -2.98. The first kappa shape index (κ1) is 53.4. The second-order valence-electron chi connectivity index (χ2n) is 17.9. The number of imide groups is 1. The zero-order valence-corrected chi connectivity index (χ0v) is 41.5. The molecule has 2 aromatic carbocycles. The van der Waals surface area contributed by atoms with Crippen molar-refractivity contribution < 1.29 is 47.9 Å². The Labute approximate surface area is 420 Å². The molecule has 0 saturated carbocycles. The van der Waals surface area contributed by atoms with E-state index in [0.717, 1.165) is 15.3 Å². The maximum absolute atomic E-state index is 13.7. The smallest absolute Gasteiger partial charge is 0.410 e. The van der Waals surface area contributed by atoms with E-state index in [4.69, 9.17) is 10.5 Å². The summed E-state index contributed by atoms with van der Waals surface area (Å²) >= 11 is 1.66. The topological polar surface area (TPSA) is 272 Å². The number of hydrogen-bond acceptors (Lipinski definition) is 12. The Balaban J connectivity index is 0.993. The van der Waals surface area contributed by atoms with Crippen LogP contribution in [0.15, 0.2) is 79.0 Å². The summed E-state index contributed by atoms with van der Waals surface area (Å²) in [5, 5.41) is 14.6. The van der Waals surface area contributed by atoms with E-state index < -0.39 is 41.9 Å². The quantitative estimate of drug-likeness (QED) is 0.0351. The Bertz CT molecular complexity index is 2740.